The van der Waals surface area contributed by atoms with Gasteiger partial charge in [0.1, 0.15) is 0 Å². The number of hydrogen-bond acceptors (Lipinski definition) is 3. The third-order valence-electron chi connectivity index (χ3n) is 1.44. The van der Waals surface area contributed by atoms with Crippen molar-refractivity contribution < 1.29 is 9.90 Å². The number of hydrogen-bond donors (Lipinski definition) is 3. The van der Waals surface area contributed by atoms with E-state index in [2.05, 4.69) is 15.9 Å². The van der Waals surface area contributed by atoms with E-state index in [1.54, 1.807) is 0 Å². The molecule has 0 atom stereocenters. The Balaban J connectivity index is 3.36. The Kier molecular flexibility index (Phi) is 2.23. The van der Waals surface area contributed by atoms with Crippen LogP contribution in [0.25, 0.3) is 0 Å². The Bertz CT molecular complexity index is 338. The smallest absolute Gasteiger partial charge is 0.337 e. The van der Waals surface area contributed by atoms with Crippen LogP contribution < -0.4 is 11.5 Å². The summed E-state index contributed by atoms with van der Waals surface area (Å²) in [5.74, 6) is -1.06. The second-order valence-corrected chi connectivity index (χ2v) is 3.03. The highest BCUT2D eigenvalue weighted by molar-refractivity contribution is 9.10. The van der Waals surface area contributed by atoms with Gasteiger partial charge >= 0.3 is 5.97 Å². The van der Waals surface area contributed by atoms with Crippen LogP contribution in [0, 0.1) is 0 Å². The summed E-state index contributed by atoms with van der Waals surface area (Å²) in [6, 6.07) is 2.86. The van der Waals surface area contributed by atoms with Crippen LogP contribution in [-0.2, 0) is 0 Å². The zero-order valence-electron chi connectivity index (χ0n) is 6.04. The minimum absolute atomic E-state index is 0.0519. The first-order chi connectivity index (χ1) is 5.54. The van der Waals surface area contributed by atoms with Crippen molar-refractivity contribution in [3.05, 3.63) is 22.2 Å². The Morgan fingerprint density at radius 1 is 1.42 bits per heavy atom. The zero-order chi connectivity index (χ0) is 9.30. The molecule has 1 aromatic rings. The number of carboxylic acids is 1. The number of carboxylic acid groups (broad SMARTS) is 1. The highest BCUT2D eigenvalue weighted by atomic mass is 79.9. The summed E-state index contributed by atoms with van der Waals surface area (Å²) >= 11 is 3.08. The summed E-state index contributed by atoms with van der Waals surface area (Å²) in [6.07, 6.45) is 0. The molecule has 4 nitrogen and oxygen atoms in total. The van der Waals surface area contributed by atoms with Gasteiger partial charge in [0.05, 0.1) is 15.7 Å². The molecule has 0 aromatic heterocycles. The minimum atomic E-state index is -1.06. The van der Waals surface area contributed by atoms with Gasteiger partial charge in [-0.25, -0.2) is 4.79 Å². The Morgan fingerprint density at radius 3 is 2.50 bits per heavy atom. The summed E-state index contributed by atoms with van der Waals surface area (Å²) in [5.41, 5.74) is 11.6. The molecule has 0 aliphatic rings. The van der Waals surface area contributed by atoms with Crippen molar-refractivity contribution >= 4 is 33.3 Å². The second kappa shape index (κ2) is 3.02. The molecule has 0 amide bonds. The average molecular weight is 231 g/mol. The lowest BCUT2D eigenvalue weighted by molar-refractivity contribution is 0.0698. The number of rotatable bonds is 1. The molecule has 0 heterocycles. The maximum atomic E-state index is 10.5. The molecule has 0 fully saturated rings. The van der Waals surface area contributed by atoms with Crippen molar-refractivity contribution in [3.8, 4) is 0 Å². The topological polar surface area (TPSA) is 89.3 Å². The highest BCUT2D eigenvalue weighted by Gasteiger charge is 2.11. The first-order valence-corrected chi connectivity index (χ1v) is 3.90. The van der Waals surface area contributed by atoms with E-state index in [-0.39, 0.29) is 11.3 Å². The predicted octanol–water partition coefficient (Wildman–Crippen LogP) is 1.31. The lowest BCUT2D eigenvalue weighted by Gasteiger charge is -2.04. The lowest BCUT2D eigenvalue weighted by Crippen LogP contribution is -2.04. The third kappa shape index (κ3) is 1.35. The summed E-state index contributed by atoms with van der Waals surface area (Å²) in [4.78, 5) is 10.5. The first kappa shape index (κ1) is 8.86. The monoisotopic (exact) mass is 230 g/mol. The normalized spacial score (nSPS) is 9.75. The van der Waals surface area contributed by atoms with Gasteiger partial charge in [-0.1, -0.05) is 0 Å². The van der Waals surface area contributed by atoms with Crippen molar-refractivity contribution in [2.24, 2.45) is 0 Å². The fourth-order valence-corrected chi connectivity index (χ4v) is 1.14. The van der Waals surface area contributed by atoms with Gasteiger partial charge in [-0.05, 0) is 28.1 Å². The van der Waals surface area contributed by atoms with Gasteiger partial charge in [-0.3, -0.25) is 0 Å². The number of benzene rings is 1. The quantitative estimate of drug-likeness (QED) is 0.635. The molecule has 0 aliphatic carbocycles. The van der Waals surface area contributed by atoms with E-state index < -0.39 is 5.97 Å². The van der Waals surface area contributed by atoms with Crippen molar-refractivity contribution in [2.75, 3.05) is 11.5 Å². The van der Waals surface area contributed by atoms with E-state index in [9.17, 15) is 4.79 Å². The van der Waals surface area contributed by atoms with Crippen molar-refractivity contribution in [2.45, 2.75) is 0 Å². The zero-order valence-corrected chi connectivity index (χ0v) is 7.63. The van der Waals surface area contributed by atoms with Crippen LogP contribution in [-0.4, -0.2) is 11.1 Å². The van der Waals surface area contributed by atoms with Crippen LogP contribution in [0.1, 0.15) is 10.4 Å². The standard InChI is InChI=1S/C7H7BrN2O2/c8-5-4(9)2-1-3(6(5)10)7(11)12/h1-2H,9-10H2,(H,11,12). The Labute approximate surface area is 77.3 Å². The molecule has 0 spiro atoms. The molecule has 5 N–H and O–H groups in total. The molecular formula is C7H7BrN2O2. The minimum Gasteiger partial charge on any atom is -0.478 e. The number of nitrogens with two attached hydrogens (primary N) is 2. The van der Waals surface area contributed by atoms with Gasteiger partial charge in [0.25, 0.3) is 0 Å². The second-order valence-electron chi connectivity index (χ2n) is 2.24. The van der Waals surface area contributed by atoms with Crippen molar-refractivity contribution in [1.29, 1.82) is 0 Å². The summed E-state index contributed by atoms with van der Waals surface area (Å²) < 4.78 is 0.433. The van der Waals surface area contributed by atoms with E-state index in [1.165, 1.54) is 12.1 Å². The van der Waals surface area contributed by atoms with Crippen LogP contribution in [0.5, 0.6) is 0 Å². The van der Waals surface area contributed by atoms with Gasteiger partial charge in [0.2, 0.25) is 0 Å². The lowest BCUT2D eigenvalue weighted by atomic mass is 10.1. The number of anilines is 2. The van der Waals surface area contributed by atoms with Gasteiger partial charge in [-0.2, -0.15) is 0 Å². The molecule has 0 saturated heterocycles. The summed E-state index contributed by atoms with van der Waals surface area (Å²) in [7, 11) is 0. The Hall–Kier alpha value is -1.23. The van der Waals surface area contributed by atoms with E-state index in [0.29, 0.717) is 10.2 Å². The predicted molar refractivity (Wildman–Crippen MR) is 49.9 cm³/mol. The van der Waals surface area contributed by atoms with Crippen molar-refractivity contribution in [1.82, 2.24) is 0 Å². The molecule has 5 heteroatoms. The number of halogens is 1. The maximum absolute atomic E-state index is 10.5. The van der Waals surface area contributed by atoms with E-state index in [0.717, 1.165) is 0 Å². The van der Waals surface area contributed by atoms with E-state index in [1.807, 2.05) is 0 Å². The number of aromatic carboxylic acids is 1. The molecule has 0 unspecified atom stereocenters. The fraction of sp³-hybridized carbons (Fsp3) is 0. The van der Waals surface area contributed by atoms with Gasteiger partial charge in [0, 0.05) is 5.69 Å². The van der Waals surface area contributed by atoms with Crippen molar-refractivity contribution in [3.63, 3.8) is 0 Å². The molecule has 1 rings (SSSR count). The maximum Gasteiger partial charge on any atom is 0.337 e. The largest absolute Gasteiger partial charge is 0.478 e. The molecule has 1 aromatic carbocycles. The number of nitrogen functional groups attached to an aromatic ring is 2. The van der Waals surface area contributed by atoms with E-state index in [4.69, 9.17) is 16.6 Å². The third-order valence-corrected chi connectivity index (χ3v) is 2.33. The first-order valence-electron chi connectivity index (χ1n) is 3.10. The molecule has 0 saturated carbocycles. The molecule has 12 heavy (non-hydrogen) atoms. The van der Waals surface area contributed by atoms with Gasteiger partial charge in [0.15, 0.2) is 0 Å². The fourth-order valence-electron chi connectivity index (χ4n) is 0.796. The SMILES string of the molecule is Nc1ccc(C(=O)O)c(N)c1Br. The summed E-state index contributed by atoms with van der Waals surface area (Å²) in [6.45, 7) is 0. The van der Waals surface area contributed by atoms with Crippen LogP contribution in [0.3, 0.4) is 0 Å². The Morgan fingerprint density at radius 2 is 2.00 bits per heavy atom. The van der Waals surface area contributed by atoms with E-state index >= 15 is 0 Å². The molecule has 0 aliphatic heterocycles. The molecular weight excluding hydrogens is 224 g/mol. The average Bonchev–Trinajstić information content (AvgIpc) is 2.00. The summed E-state index contributed by atoms with van der Waals surface area (Å²) in [5, 5.41) is 8.64. The van der Waals surface area contributed by atoms with Gasteiger partial charge in [-0.15, -0.1) is 0 Å². The molecule has 64 valence electrons. The molecule has 0 bridgehead atoms. The molecule has 0 radical (unpaired) electrons. The number of carbonyl (C=O) groups is 1. The van der Waals surface area contributed by atoms with Crippen LogP contribution in [0.15, 0.2) is 16.6 Å². The highest BCUT2D eigenvalue weighted by Crippen LogP contribution is 2.29. The van der Waals surface area contributed by atoms with Crippen LogP contribution in [0.2, 0.25) is 0 Å². The van der Waals surface area contributed by atoms with Crippen LogP contribution >= 0.6 is 15.9 Å². The van der Waals surface area contributed by atoms with Crippen LogP contribution in [0.4, 0.5) is 11.4 Å². The van der Waals surface area contributed by atoms with Gasteiger partial charge < -0.3 is 16.6 Å².